The smallest absolute Gasteiger partial charge is 0.319 e. The minimum atomic E-state index is -0.455. The van der Waals surface area contributed by atoms with Gasteiger partial charge in [-0.2, -0.15) is 0 Å². The summed E-state index contributed by atoms with van der Waals surface area (Å²) >= 11 is 1.55. The number of hydrogen-bond acceptors (Lipinski definition) is 5. The van der Waals surface area contributed by atoms with Crippen LogP contribution in [-0.4, -0.2) is 23.1 Å². The third-order valence-corrected chi connectivity index (χ3v) is 4.53. The molecular formula is C16H16N4O3S. The highest BCUT2D eigenvalue weighted by atomic mass is 32.1. The monoisotopic (exact) mass is 344 g/mol. The van der Waals surface area contributed by atoms with Crippen molar-refractivity contribution in [3.63, 3.8) is 0 Å². The molecule has 0 fully saturated rings. The van der Waals surface area contributed by atoms with Gasteiger partial charge in [-0.3, -0.25) is 4.79 Å². The van der Waals surface area contributed by atoms with E-state index in [2.05, 4.69) is 20.6 Å². The minimum Gasteiger partial charge on any atom is -0.481 e. The Balaban J connectivity index is 1.80. The number of thiophene rings is 1. The largest absolute Gasteiger partial charge is 0.481 e. The van der Waals surface area contributed by atoms with E-state index in [0.29, 0.717) is 11.4 Å². The second-order valence-electron chi connectivity index (χ2n) is 5.12. The zero-order valence-electron chi connectivity index (χ0n) is 13.1. The van der Waals surface area contributed by atoms with E-state index in [1.54, 1.807) is 23.5 Å². The molecule has 7 nitrogen and oxygen atoms in total. The van der Waals surface area contributed by atoms with E-state index in [4.69, 9.17) is 4.74 Å². The Morgan fingerprint density at radius 2 is 2.21 bits per heavy atom. The van der Waals surface area contributed by atoms with Crippen molar-refractivity contribution in [3.05, 3.63) is 50.9 Å². The summed E-state index contributed by atoms with van der Waals surface area (Å²) in [4.78, 5) is 32.7. The Morgan fingerprint density at radius 3 is 2.92 bits per heavy atom. The summed E-state index contributed by atoms with van der Waals surface area (Å²) in [5, 5.41) is 7.30. The molecule has 0 saturated carbocycles. The molecule has 0 aromatic carbocycles. The lowest BCUT2D eigenvalue weighted by Gasteiger charge is -2.13. The summed E-state index contributed by atoms with van der Waals surface area (Å²) in [7, 11) is 1.48. The number of methoxy groups -OCH3 is 1. The van der Waals surface area contributed by atoms with Gasteiger partial charge in [0.25, 0.3) is 0 Å². The van der Waals surface area contributed by atoms with Crippen molar-refractivity contribution >= 4 is 34.1 Å². The van der Waals surface area contributed by atoms with Crippen LogP contribution in [0.1, 0.15) is 17.8 Å². The van der Waals surface area contributed by atoms with Crippen molar-refractivity contribution in [1.29, 1.82) is 0 Å². The van der Waals surface area contributed by atoms with E-state index in [9.17, 15) is 9.59 Å². The van der Waals surface area contributed by atoms with Crippen LogP contribution in [-0.2, 0) is 0 Å². The zero-order valence-corrected chi connectivity index (χ0v) is 13.9. The average Bonchev–Trinajstić information content (AvgIpc) is 3.12. The fourth-order valence-electron chi connectivity index (χ4n) is 2.24. The first-order chi connectivity index (χ1) is 11.6. The molecule has 0 radical (unpaired) electrons. The van der Waals surface area contributed by atoms with Crippen LogP contribution >= 0.6 is 11.3 Å². The number of carbonyl (C=O) groups is 1. The van der Waals surface area contributed by atoms with Gasteiger partial charge in [0.15, 0.2) is 0 Å². The van der Waals surface area contributed by atoms with E-state index in [1.165, 1.54) is 13.3 Å². The first-order valence-corrected chi connectivity index (χ1v) is 8.14. The van der Waals surface area contributed by atoms with Crippen LogP contribution in [0.3, 0.4) is 0 Å². The normalized spacial score (nSPS) is 11.9. The summed E-state index contributed by atoms with van der Waals surface area (Å²) in [6.07, 6.45) is 1.45. The van der Waals surface area contributed by atoms with Gasteiger partial charge in [0.2, 0.25) is 11.3 Å². The van der Waals surface area contributed by atoms with Crippen molar-refractivity contribution in [1.82, 2.24) is 15.3 Å². The predicted molar refractivity (Wildman–Crippen MR) is 93.8 cm³/mol. The molecule has 2 amide bonds. The van der Waals surface area contributed by atoms with Crippen molar-refractivity contribution < 1.29 is 9.53 Å². The molecule has 8 heteroatoms. The number of pyridine rings is 2. The molecule has 0 bridgehead atoms. The predicted octanol–water partition coefficient (Wildman–Crippen LogP) is 2.88. The quantitative estimate of drug-likeness (QED) is 0.678. The van der Waals surface area contributed by atoms with Crippen molar-refractivity contribution in [3.8, 4) is 5.88 Å². The molecule has 3 heterocycles. The first-order valence-electron chi connectivity index (χ1n) is 7.26. The molecule has 3 N–H and O–H groups in total. The number of carbonyl (C=O) groups excluding carboxylic acids is 1. The molecule has 0 aliphatic heterocycles. The summed E-state index contributed by atoms with van der Waals surface area (Å²) in [5.41, 5.74) is 0.526. The molecule has 0 saturated heterocycles. The van der Waals surface area contributed by atoms with Crippen molar-refractivity contribution in [2.24, 2.45) is 0 Å². The Bertz CT molecular complexity index is 921. The maximum atomic E-state index is 12.5. The van der Waals surface area contributed by atoms with Crippen LogP contribution in [0.15, 0.2) is 40.6 Å². The fraction of sp³-hybridized carbons (Fsp3) is 0.188. The van der Waals surface area contributed by atoms with Gasteiger partial charge < -0.3 is 20.4 Å². The second kappa shape index (κ2) is 6.71. The Morgan fingerprint density at radius 1 is 1.38 bits per heavy atom. The van der Waals surface area contributed by atoms with Crippen LogP contribution < -0.4 is 20.8 Å². The number of anilines is 1. The molecule has 1 unspecified atom stereocenters. The number of nitrogens with one attached hydrogen (secondary N) is 3. The molecular weight excluding hydrogens is 328 g/mol. The van der Waals surface area contributed by atoms with Crippen LogP contribution in [0.2, 0.25) is 0 Å². The molecule has 0 aliphatic carbocycles. The van der Waals surface area contributed by atoms with Gasteiger partial charge in [-0.15, -0.1) is 11.3 Å². The Labute approximate surface area is 141 Å². The van der Waals surface area contributed by atoms with Gasteiger partial charge in [-0.25, -0.2) is 9.78 Å². The molecule has 1 atom stereocenters. The van der Waals surface area contributed by atoms with Crippen LogP contribution in [0.25, 0.3) is 11.0 Å². The summed E-state index contributed by atoms with van der Waals surface area (Å²) in [6.45, 7) is 1.88. The maximum absolute atomic E-state index is 12.5. The average molecular weight is 344 g/mol. The van der Waals surface area contributed by atoms with E-state index >= 15 is 0 Å². The highest BCUT2D eigenvalue weighted by Gasteiger charge is 2.13. The number of aromatic amines is 1. The van der Waals surface area contributed by atoms with Crippen molar-refractivity contribution in [2.75, 3.05) is 12.4 Å². The first kappa shape index (κ1) is 16.0. The van der Waals surface area contributed by atoms with E-state index < -0.39 is 6.03 Å². The van der Waals surface area contributed by atoms with E-state index in [1.807, 2.05) is 24.4 Å². The standard InChI is InChI=1S/C16H16N4O3S/c1-9(12-4-3-7-24-12)18-16(22)19-11-8-17-10-5-6-13(23-2)20-14(10)15(11)21/h3-9H,1-2H3,(H,17,21)(H2,18,19,22). The second-order valence-corrected chi connectivity index (χ2v) is 6.10. The van der Waals surface area contributed by atoms with Gasteiger partial charge in [-0.05, 0) is 24.4 Å². The number of rotatable bonds is 4. The highest BCUT2D eigenvalue weighted by Crippen LogP contribution is 2.18. The lowest BCUT2D eigenvalue weighted by molar-refractivity contribution is 0.249. The molecule has 124 valence electrons. The van der Waals surface area contributed by atoms with Gasteiger partial charge in [0.05, 0.1) is 18.7 Å². The Kier molecular flexibility index (Phi) is 4.48. The molecule has 3 aromatic rings. The summed E-state index contributed by atoms with van der Waals surface area (Å²) in [6, 6.07) is 6.61. The number of H-pyrrole nitrogens is 1. The van der Waals surface area contributed by atoms with Gasteiger partial charge >= 0.3 is 6.03 Å². The number of amides is 2. The molecule has 0 aliphatic rings. The molecule has 0 spiro atoms. The van der Waals surface area contributed by atoms with Gasteiger partial charge in [-0.1, -0.05) is 6.07 Å². The van der Waals surface area contributed by atoms with Crippen LogP contribution in [0, 0.1) is 0 Å². The summed E-state index contributed by atoms with van der Waals surface area (Å²) < 4.78 is 5.03. The van der Waals surface area contributed by atoms with Gasteiger partial charge in [0.1, 0.15) is 11.2 Å². The van der Waals surface area contributed by atoms with Gasteiger partial charge in [0, 0.05) is 17.1 Å². The highest BCUT2D eigenvalue weighted by molar-refractivity contribution is 7.10. The third-order valence-electron chi connectivity index (χ3n) is 3.48. The lowest BCUT2D eigenvalue weighted by Crippen LogP contribution is -2.32. The zero-order chi connectivity index (χ0) is 17.1. The number of aromatic nitrogens is 2. The number of nitrogens with zero attached hydrogens (tertiary/aromatic N) is 1. The van der Waals surface area contributed by atoms with E-state index in [-0.39, 0.29) is 22.7 Å². The number of fused-ring (bicyclic) bond motifs is 1. The lowest BCUT2D eigenvalue weighted by atomic mass is 10.3. The molecule has 3 rings (SSSR count). The number of ether oxygens (including phenoxy) is 1. The third kappa shape index (κ3) is 3.23. The van der Waals surface area contributed by atoms with E-state index in [0.717, 1.165) is 4.88 Å². The van der Waals surface area contributed by atoms with Crippen LogP contribution in [0.4, 0.5) is 10.5 Å². The number of hydrogen-bond donors (Lipinski definition) is 3. The SMILES string of the molecule is COc1ccc2[nH]cc(NC(=O)NC(C)c3cccs3)c(=O)c2n1. The molecule has 24 heavy (non-hydrogen) atoms. The molecule has 3 aromatic heterocycles. The minimum absolute atomic E-state index is 0.124. The van der Waals surface area contributed by atoms with Crippen molar-refractivity contribution in [2.45, 2.75) is 13.0 Å². The van der Waals surface area contributed by atoms with Crippen LogP contribution in [0.5, 0.6) is 5.88 Å². The number of urea groups is 1. The topological polar surface area (TPSA) is 96.1 Å². The fourth-order valence-corrected chi connectivity index (χ4v) is 2.98. The maximum Gasteiger partial charge on any atom is 0.319 e. The summed E-state index contributed by atoms with van der Waals surface area (Å²) in [5.74, 6) is 0.334. The Hall–Kier alpha value is -2.87.